The Bertz CT molecular complexity index is 949. The van der Waals surface area contributed by atoms with Crippen molar-refractivity contribution in [1.29, 1.82) is 0 Å². The molecule has 1 amide bonds. The van der Waals surface area contributed by atoms with Crippen molar-refractivity contribution in [2.45, 2.75) is 39.2 Å². The maximum atomic E-state index is 12.1. The molecule has 0 atom stereocenters. The third-order valence-electron chi connectivity index (χ3n) is 4.09. The smallest absolute Gasteiger partial charge is 0.336 e. The van der Waals surface area contributed by atoms with Crippen LogP contribution in [0.4, 0.5) is 0 Å². The van der Waals surface area contributed by atoms with Gasteiger partial charge in [0.2, 0.25) is 5.91 Å². The fourth-order valence-corrected chi connectivity index (χ4v) is 3.37. The topological polar surface area (TPSA) is 59.3 Å². The number of amides is 1. The van der Waals surface area contributed by atoms with Crippen LogP contribution in [0.3, 0.4) is 0 Å². The number of benzene rings is 1. The lowest BCUT2D eigenvalue weighted by Crippen LogP contribution is -2.25. The second-order valence-corrected chi connectivity index (χ2v) is 8.12. The van der Waals surface area contributed by atoms with Gasteiger partial charge in [-0.25, -0.2) is 4.79 Å². The van der Waals surface area contributed by atoms with E-state index in [0.717, 1.165) is 21.4 Å². The van der Waals surface area contributed by atoms with E-state index >= 15 is 0 Å². The number of carbonyl (C=O) groups excluding carboxylic acids is 1. The van der Waals surface area contributed by atoms with E-state index in [0.29, 0.717) is 18.5 Å². The van der Waals surface area contributed by atoms with Crippen LogP contribution in [0.2, 0.25) is 0 Å². The molecule has 5 heteroatoms. The van der Waals surface area contributed by atoms with Crippen LogP contribution >= 0.6 is 11.3 Å². The zero-order chi connectivity index (χ0) is 18.0. The summed E-state index contributed by atoms with van der Waals surface area (Å²) in [5.74, 6) is -0.0594. The van der Waals surface area contributed by atoms with Gasteiger partial charge < -0.3 is 9.73 Å². The molecule has 0 radical (unpaired) electrons. The molecule has 3 aromatic rings. The molecular weight excluding hydrogens is 334 g/mol. The van der Waals surface area contributed by atoms with Crippen molar-refractivity contribution in [1.82, 2.24) is 5.32 Å². The minimum Gasteiger partial charge on any atom is -0.423 e. The van der Waals surface area contributed by atoms with E-state index < -0.39 is 5.63 Å². The third kappa shape index (κ3) is 4.17. The van der Waals surface area contributed by atoms with Crippen LogP contribution in [-0.4, -0.2) is 5.91 Å². The van der Waals surface area contributed by atoms with Gasteiger partial charge >= 0.3 is 5.63 Å². The van der Waals surface area contributed by atoms with Crippen LogP contribution in [0.5, 0.6) is 0 Å². The van der Waals surface area contributed by atoms with E-state index in [4.69, 9.17) is 4.42 Å². The van der Waals surface area contributed by atoms with Gasteiger partial charge in [0.1, 0.15) is 5.58 Å². The maximum absolute atomic E-state index is 12.1. The normalized spacial score (nSPS) is 11.6. The van der Waals surface area contributed by atoms with Gasteiger partial charge in [-0.15, -0.1) is 11.3 Å². The molecule has 0 unspecified atom stereocenters. The van der Waals surface area contributed by atoms with Crippen molar-refractivity contribution in [3.8, 4) is 0 Å². The summed E-state index contributed by atoms with van der Waals surface area (Å²) in [5.41, 5.74) is 2.06. The average Bonchev–Trinajstić information content (AvgIpc) is 3.04. The Kier molecular flexibility index (Phi) is 4.77. The fraction of sp³-hybridized carbons (Fsp3) is 0.300. The van der Waals surface area contributed by atoms with Gasteiger partial charge in [0, 0.05) is 22.9 Å². The first-order chi connectivity index (χ1) is 11.8. The lowest BCUT2D eigenvalue weighted by Gasteiger charge is -2.19. The zero-order valence-electron chi connectivity index (χ0n) is 14.6. The first kappa shape index (κ1) is 17.4. The number of fused-ring (bicyclic) bond motifs is 1. The van der Waals surface area contributed by atoms with Crippen molar-refractivity contribution >= 4 is 28.2 Å². The Labute approximate surface area is 150 Å². The van der Waals surface area contributed by atoms with Crippen LogP contribution in [-0.2, 0) is 23.2 Å². The average molecular weight is 355 g/mol. The number of hydrogen-bond acceptors (Lipinski definition) is 4. The molecule has 0 fully saturated rings. The highest BCUT2D eigenvalue weighted by molar-refractivity contribution is 7.10. The van der Waals surface area contributed by atoms with Crippen LogP contribution < -0.4 is 10.9 Å². The van der Waals surface area contributed by atoms with Gasteiger partial charge in [-0.1, -0.05) is 32.9 Å². The highest BCUT2D eigenvalue weighted by Crippen LogP contribution is 2.27. The molecule has 0 aliphatic rings. The van der Waals surface area contributed by atoms with Crippen molar-refractivity contribution < 1.29 is 9.21 Å². The van der Waals surface area contributed by atoms with E-state index in [1.165, 1.54) is 6.07 Å². The Morgan fingerprint density at radius 2 is 2.00 bits per heavy atom. The highest BCUT2D eigenvalue weighted by Gasteiger charge is 2.16. The number of carbonyl (C=O) groups is 1. The number of nitrogens with one attached hydrogen (secondary N) is 1. The standard InChI is InChI=1S/C20H21NO3S/c1-20(2,3)14-6-7-17-16(10-14)13(9-19(23)24-17)12-21-18(22)11-15-5-4-8-25-15/h4-10H,11-12H2,1-3H3,(H,21,22). The number of thiophene rings is 1. The fourth-order valence-electron chi connectivity index (χ4n) is 2.67. The molecule has 0 saturated heterocycles. The first-order valence-corrected chi connectivity index (χ1v) is 9.07. The van der Waals surface area contributed by atoms with E-state index in [-0.39, 0.29) is 11.3 Å². The molecule has 25 heavy (non-hydrogen) atoms. The largest absolute Gasteiger partial charge is 0.423 e. The van der Waals surface area contributed by atoms with Crippen LogP contribution in [0.1, 0.15) is 36.8 Å². The summed E-state index contributed by atoms with van der Waals surface area (Å²) in [7, 11) is 0. The second-order valence-electron chi connectivity index (χ2n) is 7.08. The van der Waals surface area contributed by atoms with Gasteiger partial charge in [-0.2, -0.15) is 0 Å². The Hall–Kier alpha value is -2.40. The lowest BCUT2D eigenvalue weighted by atomic mass is 9.86. The molecule has 2 heterocycles. The minimum atomic E-state index is -0.404. The van der Waals surface area contributed by atoms with Crippen LogP contribution in [0.25, 0.3) is 11.0 Å². The van der Waals surface area contributed by atoms with E-state index in [1.54, 1.807) is 11.3 Å². The number of hydrogen-bond donors (Lipinski definition) is 1. The second kappa shape index (κ2) is 6.84. The van der Waals surface area contributed by atoms with Crippen molar-refractivity contribution in [3.63, 3.8) is 0 Å². The molecule has 0 spiro atoms. The molecule has 1 N–H and O–H groups in total. The summed E-state index contributed by atoms with van der Waals surface area (Å²) in [6, 6.07) is 11.2. The Morgan fingerprint density at radius 1 is 1.20 bits per heavy atom. The summed E-state index contributed by atoms with van der Waals surface area (Å²) in [6.45, 7) is 6.71. The molecule has 0 aliphatic carbocycles. The van der Waals surface area contributed by atoms with Crippen molar-refractivity contribution in [2.24, 2.45) is 0 Å². The SMILES string of the molecule is CC(C)(C)c1ccc2oc(=O)cc(CNC(=O)Cc3cccs3)c2c1. The molecule has 3 rings (SSSR count). The van der Waals surface area contributed by atoms with E-state index in [9.17, 15) is 9.59 Å². The minimum absolute atomic E-state index is 0.00991. The highest BCUT2D eigenvalue weighted by atomic mass is 32.1. The summed E-state index contributed by atoms with van der Waals surface area (Å²) in [5, 5.41) is 5.72. The molecule has 130 valence electrons. The Balaban J connectivity index is 1.86. The Morgan fingerprint density at radius 3 is 2.68 bits per heavy atom. The summed E-state index contributed by atoms with van der Waals surface area (Å²) >= 11 is 1.56. The van der Waals surface area contributed by atoms with Crippen LogP contribution in [0.15, 0.2) is 51.0 Å². The summed E-state index contributed by atoms with van der Waals surface area (Å²) in [4.78, 5) is 25.0. The molecule has 1 aromatic carbocycles. The predicted molar refractivity (Wildman–Crippen MR) is 101 cm³/mol. The first-order valence-electron chi connectivity index (χ1n) is 8.19. The summed E-state index contributed by atoms with van der Waals surface area (Å²) in [6.07, 6.45) is 0.351. The quantitative estimate of drug-likeness (QED) is 0.719. The number of rotatable bonds is 4. The molecule has 4 nitrogen and oxygen atoms in total. The maximum Gasteiger partial charge on any atom is 0.336 e. The van der Waals surface area contributed by atoms with E-state index in [1.807, 2.05) is 35.7 Å². The zero-order valence-corrected chi connectivity index (χ0v) is 15.4. The molecule has 0 aliphatic heterocycles. The van der Waals surface area contributed by atoms with Crippen LogP contribution in [0, 0.1) is 0 Å². The molecular formula is C20H21NO3S. The van der Waals surface area contributed by atoms with Gasteiger partial charge in [0.15, 0.2) is 0 Å². The molecule has 0 bridgehead atoms. The van der Waals surface area contributed by atoms with E-state index in [2.05, 4.69) is 26.1 Å². The summed E-state index contributed by atoms with van der Waals surface area (Å²) < 4.78 is 5.30. The molecule has 2 aromatic heterocycles. The third-order valence-corrected chi connectivity index (χ3v) is 4.96. The van der Waals surface area contributed by atoms with Crippen molar-refractivity contribution in [2.75, 3.05) is 0 Å². The predicted octanol–water partition coefficient (Wildman–Crippen LogP) is 4.01. The van der Waals surface area contributed by atoms with Gasteiger partial charge in [0.25, 0.3) is 0 Å². The van der Waals surface area contributed by atoms with Gasteiger partial charge in [0.05, 0.1) is 6.42 Å². The van der Waals surface area contributed by atoms with Crippen molar-refractivity contribution in [3.05, 3.63) is 68.2 Å². The van der Waals surface area contributed by atoms with Gasteiger partial charge in [-0.3, -0.25) is 4.79 Å². The lowest BCUT2D eigenvalue weighted by molar-refractivity contribution is -0.120. The monoisotopic (exact) mass is 355 g/mol. The molecule has 0 saturated carbocycles. The van der Waals surface area contributed by atoms with Gasteiger partial charge in [-0.05, 0) is 40.1 Å².